The third-order valence-electron chi connectivity index (χ3n) is 3.74. The Bertz CT molecular complexity index is 745. The molecular weight excluding hydrogens is 344 g/mol. The van der Waals surface area contributed by atoms with Crippen molar-refractivity contribution in [1.82, 2.24) is 0 Å². The molecule has 0 aromatic heterocycles. The van der Waals surface area contributed by atoms with E-state index in [4.69, 9.17) is 9.47 Å². The topological polar surface area (TPSA) is 61.8 Å². The number of hydrogen-bond donors (Lipinski definition) is 0. The van der Waals surface area contributed by atoms with Crippen LogP contribution in [0.25, 0.3) is 0 Å². The van der Waals surface area contributed by atoms with Gasteiger partial charge in [-0.3, -0.25) is 4.79 Å². The zero-order valence-corrected chi connectivity index (χ0v) is 16.9. The fourth-order valence-corrected chi connectivity index (χ4v) is 2.23. The molecule has 27 heavy (non-hydrogen) atoms. The van der Waals surface area contributed by atoms with Crippen LogP contribution < -0.4 is 4.74 Å². The highest BCUT2D eigenvalue weighted by Gasteiger charge is 2.21. The molecule has 0 bridgehead atoms. The van der Waals surface area contributed by atoms with Gasteiger partial charge in [0.1, 0.15) is 12.4 Å². The second-order valence-corrected chi connectivity index (χ2v) is 6.92. The molecule has 0 aliphatic rings. The van der Waals surface area contributed by atoms with Gasteiger partial charge in [-0.2, -0.15) is 0 Å². The maximum absolute atomic E-state index is 12.2. The molecule has 0 heterocycles. The van der Waals surface area contributed by atoms with Crippen molar-refractivity contribution in [2.45, 2.75) is 39.7 Å². The molecule has 0 aliphatic heterocycles. The van der Waals surface area contributed by atoms with Crippen LogP contribution in [0.2, 0.25) is 0 Å². The van der Waals surface area contributed by atoms with E-state index in [-0.39, 0.29) is 24.0 Å². The van der Waals surface area contributed by atoms with Crippen molar-refractivity contribution < 1.29 is 23.8 Å². The number of esters is 2. The smallest absolute Gasteiger partial charge is 0.338 e. The summed E-state index contributed by atoms with van der Waals surface area (Å²) in [5.74, 6) is 0.217. The molecule has 0 fully saturated rings. The molecule has 146 valence electrons. The summed E-state index contributed by atoms with van der Waals surface area (Å²) in [6.07, 6.45) is 0. The van der Waals surface area contributed by atoms with E-state index in [0.29, 0.717) is 5.56 Å². The lowest BCUT2D eigenvalue weighted by Gasteiger charge is -2.22. The highest BCUT2D eigenvalue weighted by atomic mass is 16.5. The predicted molar refractivity (Wildman–Crippen MR) is 105 cm³/mol. The third-order valence-corrected chi connectivity index (χ3v) is 3.74. The van der Waals surface area contributed by atoms with Crippen molar-refractivity contribution in [3.05, 3.63) is 65.2 Å². The molecule has 0 saturated heterocycles. The molecule has 5 heteroatoms. The number of ether oxygens (including phenoxy) is 3. The summed E-state index contributed by atoms with van der Waals surface area (Å²) < 4.78 is 14.9. The minimum atomic E-state index is -0.322. The van der Waals surface area contributed by atoms with E-state index in [0.717, 1.165) is 16.9 Å². The standard InChI is InChI=1S/C19H22O3.C3H6O2/c1-19(2,3)16-12-15(10-11-17(16)21-4)18(20)22-13-14-8-6-5-7-9-14;1-3(4)5-2/h5-12H,13H2,1-4H3;1-2H3. The normalized spacial score (nSPS) is 10.3. The Morgan fingerprint density at radius 3 is 2.04 bits per heavy atom. The van der Waals surface area contributed by atoms with Crippen LogP contribution in [0.1, 0.15) is 49.2 Å². The molecule has 0 unspecified atom stereocenters. The first-order valence-electron chi connectivity index (χ1n) is 8.63. The van der Waals surface area contributed by atoms with Crippen molar-refractivity contribution in [2.24, 2.45) is 0 Å². The molecule has 2 aromatic carbocycles. The number of methoxy groups -OCH3 is 2. The van der Waals surface area contributed by atoms with Crippen molar-refractivity contribution in [3.8, 4) is 5.75 Å². The summed E-state index contributed by atoms with van der Waals surface area (Å²) in [6, 6.07) is 15.1. The Labute approximate surface area is 161 Å². The van der Waals surface area contributed by atoms with Gasteiger partial charge in [-0.25, -0.2) is 4.79 Å². The molecule has 5 nitrogen and oxygen atoms in total. The minimum absolute atomic E-state index is 0.110. The van der Waals surface area contributed by atoms with Gasteiger partial charge in [-0.15, -0.1) is 0 Å². The molecule has 0 saturated carbocycles. The Balaban J connectivity index is 0.000000646. The molecule has 0 N–H and O–H groups in total. The predicted octanol–water partition coefficient (Wildman–Crippen LogP) is 4.53. The van der Waals surface area contributed by atoms with E-state index in [1.54, 1.807) is 13.2 Å². The quantitative estimate of drug-likeness (QED) is 0.738. The number of carbonyl (C=O) groups excluding carboxylic acids is 2. The SMILES string of the molecule is COC(C)=O.COc1ccc(C(=O)OCc2ccccc2)cc1C(C)(C)C. The van der Waals surface area contributed by atoms with E-state index in [1.165, 1.54) is 14.0 Å². The molecule has 0 atom stereocenters. The average Bonchev–Trinajstić information content (AvgIpc) is 2.66. The van der Waals surface area contributed by atoms with Crippen molar-refractivity contribution in [1.29, 1.82) is 0 Å². The fourth-order valence-electron chi connectivity index (χ4n) is 2.23. The Hall–Kier alpha value is -2.82. The lowest BCUT2D eigenvalue weighted by molar-refractivity contribution is -0.137. The van der Waals surface area contributed by atoms with Gasteiger partial charge in [-0.05, 0) is 29.2 Å². The van der Waals surface area contributed by atoms with Crippen LogP contribution in [0.3, 0.4) is 0 Å². The Morgan fingerprint density at radius 2 is 1.56 bits per heavy atom. The summed E-state index contributed by atoms with van der Waals surface area (Å²) >= 11 is 0. The van der Waals surface area contributed by atoms with Gasteiger partial charge < -0.3 is 14.2 Å². The molecular formula is C22H28O5. The van der Waals surface area contributed by atoms with E-state index < -0.39 is 0 Å². The van der Waals surface area contributed by atoms with Crippen LogP contribution in [0, 0.1) is 0 Å². The summed E-state index contributed by atoms with van der Waals surface area (Å²) in [5.41, 5.74) is 2.40. The van der Waals surface area contributed by atoms with Crippen LogP contribution >= 0.6 is 0 Å². The largest absolute Gasteiger partial charge is 0.496 e. The Kier molecular flexibility index (Phi) is 8.52. The number of carbonyl (C=O) groups is 2. The van der Waals surface area contributed by atoms with Crippen LogP contribution in [-0.2, 0) is 26.3 Å². The van der Waals surface area contributed by atoms with Crippen molar-refractivity contribution >= 4 is 11.9 Å². The second-order valence-electron chi connectivity index (χ2n) is 6.92. The maximum Gasteiger partial charge on any atom is 0.338 e. The molecule has 0 radical (unpaired) electrons. The highest BCUT2D eigenvalue weighted by molar-refractivity contribution is 5.90. The van der Waals surface area contributed by atoms with Crippen LogP contribution in [0.15, 0.2) is 48.5 Å². The summed E-state index contributed by atoms with van der Waals surface area (Å²) in [5, 5.41) is 0. The number of hydrogen-bond acceptors (Lipinski definition) is 5. The summed E-state index contributed by atoms with van der Waals surface area (Å²) in [6.45, 7) is 7.90. The van der Waals surface area contributed by atoms with Gasteiger partial charge in [-0.1, -0.05) is 51.1 Å². The van der Waals surface area contributed by atoms with Gasteiger partial charge in [0.05, 0.1) is 19.8 Å². The van der Waals surface area contributed by atoms with Crippen LogP contribution in [-0.4, -0.2) is 26.2 Å². The maximum atomic E-state index is 12.2. The molecule has 0 spiro atoms. The van der Waals surface area contributed by atoms with Crippen molar-refractivity contribution in [3.63, 3.8) is 0 Å². The van der Waals surface area contributed by atoms with E-state index >= 15 is 0 Å². The molecule has 0 amide bonds. The Morgan fingerprint density at radius 1 is 0.963 bits per heavy atom. The number of benzene rings is 2. The van der Waals surface area contributed by atoms with Gasteiger partial charge in [0.2, 0.25) is 0 Å². The first kappa shape index (κ1) is 22.2. The zero-order valence-electron chi connectivity index (χ0n) is 16.9. The van der Waals surface area contributed by atoms with E-state index in [1.807, 2.05) is 42.5 Å². The first-order chi connectivity index (χ1) is 12.7. The minimum Gasteiger partial charge on any atom is -0.496 e. The highest BCUT2D eigenvalue weighted by Crippen LogP contribution is 2.32. The lowest BCUT2D eigenvalue weighted by Crippen LogP contribution is -2.15. The second kappa shape index (κ2) is 10.4. The van der Waals surface area contributed by atoms with Gasteiger partial charge >= 0.3 is 11.9 Å². The molecule has 2 aromatic rings. The van der Waals surface area contributed by atoms with Crippen molar-refractivity contribution in [2.75, 3.05) is 14.2 Å². The fraction of sp³-hybridized carbons (Fsp3) is 0.364. The monoisotopic (exact) mass is 372 g/mol. The van der Waals surface area contributed by atoms with Gasteiger partial charge in [0.25, 0.3) is 0 Å². The number of rotatable bonds is 4. The molecule has 0 aliphatic carbocycles. The average molecular weight is 372 g/mol. The van der Waals surface area contributed by atoms with E-state index in [2.05, 4.69) is 25.5 Å². The summed E-state index contributed by atoms with van der Waals surface area (Å²) in [4.78, 5) is 21.8. The third kappa shape index (κ3) is 7.52. The van der Waals surface area contributed by atoms with Crippen LogP contribution in [0.5, 0.6) is 5.75 Å². The zero-order chi connectivity index (χ0) is 20.4. The van der Waals surface area contributed by atoms with Crippen LogP contribution in [0.4, 0.5) is 0 Å². The van der Waals surface area contributed by atoms with Gasteiger partial charge in [0.15, 0.2) is 0 Å². The van der Waals surface area contributed by atoms with Gasteiger partial charge in [0, 0.05) is 12.5 Å². The first-order valence-corrected chi connectivity index (χ1v) is 8.63. The lowest BCUT2D eigenvalue weighted by atomic mass is 9.85. The van der Waals surface area contributed by atoms with E-state index in [9.17, 15) is 9.59 Å². The molecule has 2 rings (SSSR count). The summed E-state index contributed by atoms with van der Waals surface area (Å²) in [7, 11) is 2.99.